The molecular weight excluding hydrogens is 371 g/mol. The maximum absolute atomic E-state index is 13.4. The van der Waals surface area contributed by atoms with Crippen molar-refractivity contribution in [2.75, 3.05) is 5.32 Å². The molecule has 5 nitrogen and oxygen atoms in total. The van der Waals surface area contributed by atoms with Gasteiger partial charge in [-0.25, -0.2) is 4.39 Å². The highest BCUT2D eigenvalue weighted by Gasteiger charge is 2.17. The van der Waals surface area contributed by atoms with Crippen molar-refractivity contribution >= 4 is 17.5 Å². The fourth-order valence-electron chi connectivity index (χ4n) is 2.85. The van der Waals surface area contributed by atoms with Gasteiger partial charge in [-0.3, -0.25) is 9.59 Å². The molecule has 0 unspecified atom stereocenters. The lowest BCUT2D eigenvalue weighted by molar-refractivity contribution is 0.0995. The third-order valence-corrected chi connectivity index (χ3v) is 4.60. The van der Waals surface area contributed by atoms with E-state index in [-0.39, 0.29) is 5.82 Å². The number of primary amides is 1. The number of carbonyl (C=O) groups is 2. The van der Waals surface area contributed by atoms with Gasteiger partial charge in [-0.15, -0.1) is 0 Å². The Hall–Kier alpha value is -3.67. The van der Waals surface area contributed by atoms with Gasteiger partial charge in [0.05, 0.1) is 5.56 Å². The first-order chi connectivity index (χ1) is 13.7. The van der Waals surface area contributed by atoms with E-state index in [4.69, 9.17) is 10.5 Å². The summed E-state index contributed by atoms with van der Waals surface area (Å²) in [6.07, 6.45) is 0. The Morgan fingerprint density at radius 2 is 1.62 bits per heavy atom. The Labute approximate surface area is 168 Å². The zero-order valence-corrected chi connectivity index (χ0v) is 16.4. The number of hydrogen-bond acceptors (Lipinski definition) is 3. The number of nitrogens with one attached hydrogen (secondary N) is 1. The van der Waals surface area contributed by atoms with E-state index in [1.807, 2.05) is 13.8 Å². The minimum absolute atomic E-state index is 0.293. The topological polar surface area (TPSA) is 81.4 Å². The van der Waals surface area contributed by atoms with E-state index < -0.39 is 11.8 Å². The molecule has 0 spiro atoms. The van der Waals surface area contributed by atoms with Crippen LogP contribution in [0.3, 0.4) is 0 Å². The molecule has 3 rings (SSSR count). The molecule has 0 atom stereocenters. The number of benzene rings is 3. The summed E-state index contributed by atoms with van der Waals surface area (Å²) < 4.78 is 19.3. The fraction of sp³-hybridized carbons (Fsp3) is 0.130. The summed E-state index contributed by atoms with van der Waals surface area (Å²) in [6, 6.07) is 14.1. The van der Waals surface area contributed by atoms with Gasteiger partial charge in [0.15, 0.2) is 0 Å². The number of halogens is 1. The van der Waals surface area contributed by atoms with Crippen LogP contribution >= 0.6 is 0 Å². The molecule has 0 aromatic heterocycles. The lowest BCUT2D eigenvalue weighted by Crippen LogP contribution is -2.15. The smallest absolute Gasteiger partial charge is 0.259 e. The first-order valence-corrected chi connectivity index (χ1v) is 9.01. The quantitative estimate of drug-likeness (QED) is 0.648. The van der Waals surface area contributed by atoms with Gasteiger partial charge in [-0.2, -0.15) is 0 Å². The van der Waals surface area contributed by atoms with Crippen LogP contribution in [-0.2, 0) is 0 Å². The molecular formula is C23H21FN2O3. The standard InChI is InChI=1S/C23H21FN2O3/c1-13-10-19(23(28)26-18-6-4-5-16(12-18)22(25)27)21(11-14(13)2)29-20-8-7-17(24)9-15(20)3/h4-12H,1-3H3,(H2,25,27)(H,26,28). The number of amides is 2. The van der Waals surface area contributed by atoms with Gasteiger partial charge in [0, 0.05) is 11.3 Å². The molecule has 0 bridgehead atoms. The van der Waals surface area contributed by atoms with Gasteiger partial charge in [0.1, 0.15) is 17.3 Å². The minimum atomic E-state index is -0.580. The maximum atomic E-state index is 13.4. The largest absolute Gasteiger partial charge is 0.456 e. The number of nitrogens with two attached hydrogens (primary N) is 1. The third kappa shape index (κ3) is 4.60. The summed E-state index contributed by atoms with van der Waals surface area (Å²) in [5, 5.41) is 2.76. The van der Waals surface area contributed by atoms with Gasteiger partial charge < -0.3 is 15.8 Å². The van der Waals surface area contributed by atoms with E-state index in [2.05, 4.69) is 5.32 Å². The monoisotopic (exact) mass is 392 g/mol. The van der Waals surface area contributed by atoms with E-state index in [0.717, 1.165) is 11.1 Å². The second-order valence-electron chi connectivity index (χ2n) is 6.84. The average Bonchev–Trinajstić information content (AvgIpc) is 2.66. The van der Waals surface area contributed by atoms with E-state index in [1.54, 1.807) is 37.3 Å². The first kappa shape index (κ1) is 20.1. The summed E-state index contributed by atoms with van der Waals surface area (Å²) in [6.45, 7) is 5.54. The van der Waals surface area contributed by atoms with Crippen LogP contribution in [0.5, 0.6) is 11.5 Å². The molecule has 0 saturated heterocycles. The predicted octanol–water partition coefficient (Wildman–Crippen LogP) is 4.89. The van der Waals surface area contributed by atoms with Gasteiger partial charge in [0.25, 0.3) is 5.91 Å². The number of aryl methyl sites for hydroxylation is 3. The molecule has 0 radical (unpaired) electrons. The van der Waals surface area contributed by atoms with Crippen molar-refractivity contribution in [1.82, 2.24) is 0 Å². The molecule has 0 aliphatic carbocycles. The summed E-state index contributed by atoms with van der Waals surface area (Å²) in [5.74, 6) is -0.527. The zero-order valence-electron chi connectivity index (χ0n) is 16.4. The lowest BCUT2D eigenvalue weighted by atomic mass is 10.0. The molecule has 0 heterocycles. The van der Waals surface area contributed by atoms with Gasteiger partial charge in [0.2, 0.25) is 5.91 Å². The van der Waals surface area contributed by atoms with Crippen LogP contribution < -0.4 is 15.8 Å². The SMILES string of the molecule is Cc1cc(Oc2ccc(F)cc2C)c(C(=O)Nc2cccc(C(N)=O)c2)cc1C. The highest BCUT2D eigenvalue weighted by atomic mass is 19.1. The molecule has 3 N–H and O–H groups in total. The third-order valence-electron chi connectivity index (χ3n) is 4.60. The van der Waals surface area contributed by atoms with Gasteiger partial charge in [-0.1, -0.05) is 6.07 Å². The number of rotatable bonds is 5. The van der Waals surface area contributed by atoms with E-state index in [1.165, 1.54) is 24.3 Å². The van der Waals surface area contributed by atoms with Crippen molar-refractivity contribution < 1.29 is 18.7 Å². The predicted molar refractivity (Wildman–Crippen MR) is 110 cm³/mol. The average molecular weight is 392 g/mol. The van der Waals surface area contributed by atoms with Crippen LogP contribution in [0.2, 0.25) is 0 Å². The van der Waals surface area contributed by atoms with Crippen molar-refractivity contribution in [3.63, 3.8) is 0 Å². The van der Waals surface area contributed by atoms with Crippen LogP contribution in [0, 0.1) is 26.6 Å². The van der Waals surface area contributed by atoms with E-state index in [9.17, 15) is 14.0 Å². The minimum Gasteiger partial charge on any atom is -0.456 e. The molecule has 3 aromatic rings. The Morgan fingerprint density at radius 1 is 0.897 bits per heavy atom. The highest BCUT2D eigenvalue weighted by molar-refractivity contribution is 6.07. The number of carbonyl (C=O) groups excluding carboxylic acids is 2. The highest BCUT2D eigenvalue weighted by Crippen LogP contribution is 2.31. The van der Waals surface area contributed by atoms with Crippen molar-refractivity contribution in [2.24, 2.45) is 5.73 Å². The van der Waals surface area contributed by atoms with Crippen molar-refractivity contribution in [3.05, 3.63) is 88.2 Å². The van der Waals surface area contributed by atoms with Crippen molar-refractivity contribution in [2.45, 2.75) is 20.8 Å². The second kappa shape index (κ2) is 8.14. The molecule has 3 aromatic carbocycles. The Morgan fingerprint density at radius 3 is 2.31 bits per heavy atom. The molecule has 0 aliphatic rings. The lowest BCUT2D eigenvalue weighted by Gasteiger charge is -2.15. The molecule has 6 heteroatoms. The van der Waals surface area contributed by atoms with Crippen molar-refractivity contribution in [3.8, 4) is 11.5 Å². The van der Waals surface area contributed by atoms with Crippen LogP contribution in [0.25, 0.3) is 0 Å². The first-order valence-electron chi connectivity index (χ1n) is 9.01. The summed E-state index contributed by atoms with van der Waals surface area (Å²) >= 11 is 0. The summed E-state index contributed by atoms with van der Waals surface area (Å²) in [4.78, 5) is 24.3. The number of anilines is 1. The van der Waals surface area contributed by atoms with Gasteiger partial charge >= 0.3 is 0 Å². The Balaban J connectivity index is 1.95. The molecule has 0 aliphatic heterocycles. The van der Waals surface area contributed by atoms with E-state index >= 15 is 0 Å². The fourth-order valence-corrected chi connectivity index (χ4v) is 2.85. The Bertz CT molecular complexity index is 1110. The molecule has 2 amide bonds. The normalized spacial score (nSPS) is 10.5. The van der Waals surface area contributed by atoms with Gasteiger partial charge in [-0.05, 0) is 86.0 Å². The molecule has 148 valence electrons. The maximum Gasteiger partial charge on any atom is 0.259 e. The second-order valence-corrected chi connectivity index (χ2v) is 6.84. The van der Waals surface area contributed by atoms with Crippen LogP contribution in [0.15, 0.2) is 54.6 Å². The Kier molecular flexibility index (Phi) is 5.64. The van der Waals surface area contributed by atoms with Crippen LogP contribution in [0.4, 0.5) is 10.1 Å². The van der Waals surface area contributed by atoms with Crippen LogP contribution in [0.1, 0.15) is 37.4 Å². The molecule has 0 fully saturated rings. The number of ether oxygens (including phenoxy) is 1. The molecule has 29 heavy (non-hydrogen) atoms. The molecule has 0 saturated carbocycles. The van der Waals surface area contributed by atoms with Crippen molar-refractivity contribution in [1.29, 1.82) is 0 Å². The number of hydrogen-bond donors (Lipinski definition) is 2. The zero-order chi connectivity index (χ0) is 21.1. The summed E-state index contributed by atoms with van der Waals surface area (Å²) in [7, 11) is 0. The van der Waals surface area contributed by atoms with Crippen LogP contribution in [-0.4, -0.2) is 11.8 Å². The summed E-state index contributed by atoms with van der Waals surface area (Å²) in [5.41, 5.74) is 8.84. The van der Waals surface area contributed by atoms with E-state index in [0.29, 0.717) is 33.9 Å².